The molecule has 0 spiro atoms. The lowest BCUT2D eigenvalue weighted by atomic mass is 9.99. The van der Waals surface area contributed by atoms with Crippen LogP contribution in [0.4, 0.5) is 0 Å². The van der Waals surface area contributed by atoms with Gasteiger partial charge >= 0.3 is 0 Å². The van der Waals surface area contributed by atoms with E-state index in [0.29, 0.717) is 5.92 Å². The molecule has 2 nitrogen and oxygen atoms in total. The van der Waals surface area contributed by atoms with Crippen molar-refractivity contribution in [1.82, 2.24) is 4.98 Å². The smallest absolute Gasteiger partial charge is 0.114 e. The summed E-state index contributed by atoms with van der Waals surface area (Å²) in [5.41, 5.74) is 7.06. The van der Waals surface area contributed by atoms with E-state index in [0.717, 1.165) is 20.2 Å². The summed E-state index contributed by atoms with van der Waals surface area (Å²) >= 11 is 7.64. The van der Waals surface area contributed by atoms with Crippen LogP contribution in [0, 0.1) is 5.92 Å². The highest BCUT2D eigenvalue weighted by Gasteiger charge is 2.41. The van der Waals surface area contributed by atoms with E-state index in [1.165, 1.54) is 12.8 Å². The molecule has 0 aliphatic heterocycles. The predicted molar refractivity (Wildman–Crippen MR) is 68.9 cm³/mol. The normalized spacial score (nSPS) is 19.9. The van der Waals surface area contributed by atoms with Crippen molar-refractivity contribution < 1.29 is 0 Å². The number of hydrogen-bond acceptors (Lipinski definition) is 3. The quantitative estimate of drug-likeness (QED) is 0.888. The molecule has 84 valence electrons. The molecular formula is C12H13ClN2S. The van der Waals surface area contributed by atoms with Crippen LogP contribution in [-0.4, -0.2) is 4.98 Å². The van der Waals surface area contributed by atoms with Gasteiger partial charge in [-0.3, -0.25) is 0 Å². The van der Waals surface area contributed by atoms with E-state index in [1.54, 1.807) is 11.3 Å². The highest BCUT2D eigenvalue weighted by atomic mass is 35.5. The Kier molecular flexibility index (Phi) is 2.25. The average molecular weight is 253 g/mol. The second-order valence-corrected chi connectivity index (χ2v) is 6.16. The number of hydrogen-bond donors (Lipinski definition) is 1. The zero-order valence-corrected chi connectivity index (χ0v) is 10.6. The summed E-state index contributed by atoms with van der Waals surface area (Å²) in [4.78, 5) is 4.62. The zero-order chi connectivity index (χ0) is 11.3. The Morgan fingerprint density at radius 2 is 2.25 bits per heavy atom. The molecule has 0 bridgehead atoms. The predicted octanol–water partition coefficient (Wildman–Crippen LogP) is 3.53. The molecule has 1 aromatic heterocycles. The number of benzene rings is 1. The van der Waals surface area contributed by atoms with Crippen LogP contribution in [0.25, 0.3) is 10.2 Å². The first-order valence-corrected chi connectivity index (χ1v) is 6.62. The number of fused-ring (bicyclic) bond motifs is 1. The number of nitrogens with two attached hydrogens (primary N) is 1. The molecular weight excluding hydrogens is 240 g/mol. The maximum absolute atomic E-state index is 6.36. The largest absolute Gasteiger partial charge is 0.319 e. The van der Waals surface area contributed by atoms with E-state index in [-0.39, 0.29) is 5.54 Å². The summed E-state index contributed by atoms with van der Waals surface area (Å²) in [6.45, 7) is 2.09. The molecule has 16 heavy (non-hydrogen) atoms. The summed E-state index contributed by atoms with van der Waals surface area (Å²) in [5.74, 6) is 0.600. The van der Waals surface area contributed by atoms with Gasteiger partial charge < -0.3 is 5.73 Å². The molecule has 0 saturated heterocycles. The van der Waals surface area contributed by atoms with Gasteiger partial charge in [0.15, 0.2) is 0 Å². The fourth-order valence-electron chi connectivity index (χ4n) is 1.99. The van der Waals surface area contributed by atoms with Crippen LogP contribution in [0.5, 0.6) is 0 Å². The average Bonchev–Trinajstić information content (AvgIpc) is 2.99. The van der Waals surface area contributed by atoms with Gasteiger partial charge in [-0.25, -0.2) is 4.98 Å². The van der Waals surface area contributed by atoms with Crippen LogP contribution in [0.15, 0.2) is 18.2 Å². The van der Waals surface area contributed by atoms with Crippen LogP contribution < -0.4 is 5.73 Å². The summed E-state index contributed by atoms with van der Waals surface area (Å²) in [6.07, 6.45) is 2.45. The van der Waals surface area contributed by atoms with Crippen LogP contribution in [0.2, 0.25) is 5.02 Å². The third-order valence-electron chi connectivity index (χ3n) is 3.24. The van der Waals surface area contributed by atoms with Crippen LogP contribution in [0.1, 0.15) is 24.8 Å². The van der Waals surface area contributed by atoms with Gasteiger partial charge in [-0.2, -0.15) is 0 Å². The first-order valence-electron chi connectivity index (χ1n) is 5.43. The number of rotatable bonds is 2. The molecule has 2 aromatic rings. The van der Waals surface area contributed by atoms with E-state index >= 15 is 0 Å². The fraction of sp³-hybridized carbons (Fsp3) is 0.417. The fourth-order valence-corrected chi connectivity index (χ4v) is 3.24. The van der Waals surface area contributed by atoms with Gasteiger partial charge in [0.1, 0.15) is 5.01 Å². The maximum atomic E-state index is 6.36. The van der Waals surface area contributed by atoms with Crippen molar-refractivity contribution in [3.05, 3.63) is 28.2 Å². The van der Waals surface area contributed by atoms with Gasteiger partial charge in [-0.15, -0.1) is 11.3 Å². The van der Waals surface area contributed by atoms with Crippen molar-refractivity contribution in [3.63, 3.8) is 0 Å². The minimum atomic E-state index is -0.268. The van der Waals surface area contributed by atoms with Crippen molar-refractivity contribution in [1.29, 1.82) is 0 Å². The van der Waals surface area contributed by atoms with Crippen molar-refractivity contribution in [3.8, 4) is 0 Å². The highest BCUT2D eigenvalue weighted by molar-refractivity contribution is 7.18. The molecule has 1 saturated carbocycles. The van der Waals surface area contributed by atoms with Gasteiger partial charge in [0, 0.05) is 5.02 Å². The second kappa shape index (κ2) is 3.42. The Labute approximate surface area is 103 Å². The molecule has 2 N–H and O–H groups in total. The SMILES string of the molecule is CC(N)(c1nc2cc(Cl)ccc2s1)C1CC1. The molecule has 1 atom stereocenters. The standard InChI is InChI=1S/C12H13ClN2S/c1-12(14,7-2-3-7)11-15-9-6-8(13)4-5-10(9)16-11/h4-7H,2-3,14H2,1H3. The minimum absolute atomic E-state index is 0.268. The van der Waals surface area contributed by atoms with Crippen LogP contribution >= 0.6 is 22.9 Å². The molecule has 3 rings (SSSR count). The van der Waals surface area contributed by atoms with E-state index < -0.39 is 0 Å². The summed E-state index contributed by atoms with van der Waals surface area (Å²) in [5, 5.41) is 1.77. The van der Waals surface area contributed by atoms with Crippen LogP contribution in [0.3, 0.4) is 0 Å². The van der Waals surface area contributed by atoms with Gasteiger partial charge in [-0.1, -0.05) is 11.6 Å². The Morgan fingerprint density at radius 3 is 2.94 bits per heavy atom. The second-order valence-electron chi connectivity index (χ2n) is 4.69. The molecule has 1 unspecified atom stereocenters. The number of thiazole rings is 1. The highest BCUT2D eigenvalue weighted by Crippen LogP contribution is 2.45. The Hall–Kier alpha value is -0.640. The summed E-state index contributed by atoms with van der Waals surface area (Å²) in [7, 11) is 0. The topological polar surface area (TPSA) is 38.9 Å². The number of aromatic nitrogens is 1. The number of halogens is 1. The first-order chi connectivity index (χ1) is 7.57. The number of nitrogens with zero attached hydrogens (tertiary/aromatic N) is 1. The van der Waals surface area contributed by atoms with Crippen molar-refractivity contribution in [2.75, 3.05) is 0 Å². The summed E-state index contributed by atoms with van der Waals surface area (Å²) in [6, 6.07) is 5.82. The Bertz CT molecular complexity index is 543. The van der Waals surface area contributed by atoms with Gasteiger partial charge in [0.2, 0.25) is 0 Å². The molecule has 1 heterocycles. The van der Waals surface area contributed by atoms with E-state index in [9.17, 15) is 0 Å². The van der Waals surface area contributed by atoms with E-state index in [2.05, 4.69) is 11.9 Å². The van der Waals surface area contributed by atoms with Crippen molar-refractivity contribution in [2.24, 2.45) is 11.7 Å². The lowest BCUT2D eigenvalue weighted by Crippen LogP contribution is -2.35. The third kappa shape index (κ3) is 1.63. The lowest BCUT2D eigenvalue weighted by molar-refractivity contribution is 0.426. The molecule has 1 aliphatic rings. The molecule has 1 aromatic carbocycles. The van der Waals surface area contributed by atoms with E-state index in [1.807, 2.05) is 18.2 Å². The monoisotopic (exact) mass is 252 g/mol. The lowest BCUT2D eigenvalue weighted by Gasteiger charge is -2.20. The molecule has 0 radical (unpaired) electrons. The summed E-state index contributed by atoms with van der Waals surface area (Å²) < 4.78 is 1.16. The molecule has 1 fully saturated rings. The van der Waals surface area contributed by atoms with Crippen molar-refractivity contribution in [2.45, 2.75) is 25.3 Å². The molecule has 1 aliphatic carbocycles. The van der Waals surface area contributed by atoms with Gasteiger partial charge in [-0.05, 0) is 43.9 Å². The molecule has 4 heteroatoms. The molecule has 0 amide bonds. The minimum Gasteiger partial charge on any atom is -0.319 e. The third-order valence-corrected chi connectivity index (χ3v) is 4.76. The van der Waals surface area contributed by atoms with Gasteiger partial charge in [0.25, 0.3) is 0 Å². The Balaban J connectivity index is 2.11. The Morgan fingerprint density at radius 1 is 1.50 bits per heavy atom. The van der Waals surface area contributed by atoms with Crippen molar-refractivity contribution >= 4 is 33.2 Å². The van der Waals surface area contributed by atoms with Crippen LogP contribution in [-0.2, 0) is 5.54 Å². The maximum Gasteiger partial charge on any atom is 0.114 e. The van der Waals surface area contributed by atoms with E-state index in [4.69, 9.17) is 17.3 Å². The first kappa shape index (κ1) is 10.5. The van der Waals surface area contributed by atoms with Gasteiger partial charge in [0.05, 0.1) is 15.8 Å². The zero-order valence-electron chi connectivity index (χ0n) is 9.03.